The summed E-state index contributed by atoms with van der Waals surface area (Å²) in [4.78, 5) is 18.0. The molecule has 0 bridgehead atoms. The average Bonchev–Trinajstić information content (AvgIpc) is 3.14. The second kappa shape index (κ2) is 8.62. The van der Waals surface area contributed by atoms with E-state index < -0.39 is 11.6 Å². The molecule has 0 fully saturated rings. The molecule has 0 spiro atoms. The van der Waals surface area contributed by atoms with Crippen molar-refractivity contribution in [3.63, 3.8) is 0 Å². The van der Waals surface area contributed by atoms with Gasteiger partial charge in [0.25, 0.3) is 0 Å². The van der Waals surface area contributed by atoms with Crippen LogP contribution in [0, 0.1) is 11.6 Å². The van der Waals surface area contributed by atoms with E-state index in [-0.39, 0.29) is 23.9 Å². The fraction of sp³-hybridized carbons (Fsp3) is 0.158. The van der Waals surface area contributed by atoms with Gasteiger partial charge in [-0.25, -0.2) is 8.78 Å². The lowest BCUT2D eigenvalue weighted by atomic mass is 10.2. The molecule has 0 unspecified atom stereocenters. The minimum Gasteiger partial charge on any atom is -0.467 e. The number of benzene rings is 1. The maximum absolute atomic E-state index is 14.2. The van der Waals surface area contributed by atoms with Crippen LogP contribution < -0.4 is 4.90 Å². The highest BCUT2D eigenvalue weighted by Crippen LogP contribution is 2.24. The number of hydrogen-bond acceptors (Lipinski definition) is 4. The van der Waals surface area contributed by atoms with E-state index in [0.717, 1.165) is 17.7 Å². The lowest BCUT2D eigenvalue weighted by Crippen LogP contribution is -2.32. The zero-order valence-corrected chi connectivity index (χ0v) is 14.6. The third-order valence-electron chi connectivity index (χ3n) is 3.61. The van der Waals surface area contributed by atoms with Gasteiger partial charge in [0, 0.05) is 24.2 Å². The molecule has 2 heterocycles. The lowest BCUT2D eigenvalue weighted by Gasteiger charge is -2.22. The van der Waals surface area contributed by atoms with Gasteiger partial charge < -0.3 is 9.32 Å². The zero-order valence-electron chi connectivity index (χ0n) is 13.8. The molecule has 0 saturated heterocycles. The number of hydrogen-bond donors (Lipinski definition) is 0. The number of carbonyl (C=O) groups excluding carboxylic acids is 1. The van der Waals surface area contributed by atoms with Crippen LogP contribution in [0.1, 0.15) is 11.3 Å². The minimum absolute atomic E-state index is 0.0229. The van der Waals surface area contributed by atoms with Crippen LogP contribution in [-0.4, -0.2) is 16.6 Å². The predicted octanol–water partition coefficient (Wildman–Crippen LogP) is 4.42. The Hall–Kier alpha value is -2.67. The third kappa shape index (κ3) is 4.70. The smallest absolute Gasteiger partial charge is 0.237 e. The summed E-state index contributed by atoms with van der Waals surface area (Å²) in [6, 6.07) is 10.3. The van der Waals surface area contributed by atoms with E-state index in [2.05, 4.69) is 4.98 Å². The molecule has 3 aromatic rings. The van der Waals surface area contributed by atoms with E-state index in [1.807, 2.05) is 12.1 Å². The summed E-state index contributed by atoms with van der Waals surface area (Å²) < 4.78 is 32.7. The molecule has 4 nitrogen and oxygen atoms in total. The Morgan fingerprint density at radius 3 is 2.77 bits per heavy atom. The van der Waals surface area contributed by atoms with Crippen LogP contribution in [0.5, 0.6) is 0 Å². The summed E-state index contributed by atoms with van der Waals surface area (Å²) in [5.41, 5.74) is 1.02. The number of thioether (sulfide) groups is 1. The SMILES string of the molecule is O=C(CSCc1cccnc1)N(Cc1ccco1)c1ccc(F)cc1F. The number of amides is 1. The van der Waals surface area contributed by atoms with Gasteiger partial charge in [0.2, 0.25) is 5.91 Å². The standard InChI is InChI=1S/C19H16F2N2O2S/c20-15-5-6-18(17(21)9-15)23(11-16-4-2-8-25-16)19(24)13-26-12-14-3-1-7-22-10-14/h1-10H,11-13H2. The van der Waals surface area contributed by atoms with Crippen molar-refractivity contribution in [1.82, 2.24) is 4.98 Å². The Bertz CT molecular complexity index is 857. The quantitative estimate of drug-likeness (QED) is 0.614. The number of rotatable bonds is 7. The molecule has 0 aliphatic carbocycles. The predicted molar refractivity (Wildman–Crippen MR) is 96.7 cm³/mol. The van der Waals surface area contributed by atoms with Crippen LogP contribution in [0.25, 0.3) is 0 Å². The monoisotopic (exact) mass is 374 g/mol. The first kappa shape index (κ1) is 18.1. The van der Waals surface area contributed by atoms with Crippen LogP contribution in [0.15, 0.2) is 65.5 Å². The molecule has 0 radical (unpaired) electrons. The van der Waals surface area contributed by atoms with Gasteiger partial charge >= 0.3 is 0 Å². The van der Waals surface area contributed by atoms with Gasteiger partial charge in [0.05, 0.1) is 24.2 Å². The van der Waals surface area contributed by atoms with Gasteiger partial charge in [-0.2, -0.15) is 0 Å². The summed E-state index contributed by atoms with van der Waals surface area (Å²) in [7, 11) is 0. The Morgan fingerprint density at radius 1 is 1.19 bits per heavy atom. The Labute approximate surface area is 153 Å². The molecule has 0 aliphatic rings. The molecule has 0 N–H and O–H groups in total. The first-order chi connectivity index (χ1) is 12.6. The highest BCUT2D eigenvalue weighted by atomic mass is 32.2. The van der Waals surface area contributed by atoms with Gasteiger partial charge in [-0.3, -0.25) is 9.78 Å². The first-order valence-electron chi connectivity index (χ1n) is 7.88. The summed E-state index contributed by atoms with van der Waals surface area (Å²) in [6.45, 7) is 0.0713. The topological polar surface area (TPSA) is 46.3 Å². The second-order valence-corrected chi connectivity index (χ2v) is 6.49. The number of nitrogens with zero attached hydrogens (tertiary/aromatic N) is 2. The third-order valence-corrected chi connectivity index (χ3v) is 4.60. The molecular weight excluding hydrogens is 358 g/mol. The number of anilines is 1. The molecule has 26 heavy (non-hydrogen) atoms. The van der Waals surface area contributed by atoms with Crippen LogP contribution in [-0.2, 0) is 17.1 Å². The van der Waals surface area contributed by atoms with Gasteiger partial charge in [0.1, 0.15) is 17.4 Å². The van der Waals surface area contributed by atoms with Crippen molar-refractivity contribution >= 4 is 23.4 Å². The maximum Gasteiger partial charge on any atom is 0.237 e. The molecular formula is C19H16F2N2O2S. The van der Waals surface area contributed by atoms with Crippen LogP contribution >= 0.6 is 11.8 Å². The zero-order chi connectivity index (χ0) is 18.4. The van der Waals surface area contributed by atoms with Crippen LogP contribution in [0.4, 0.5) is 14.5 Å². The van der Waals surface area contributed by atoms with Gasteiger partial charge in [-0.1, -0.05) is 6.07 Å². The Kier molecular flexibility index (Phi) is 6.01. The molecule has 1 aromatic carbocycles. The molecule has 0 atom stereocenters. The number of pyridine rings is 1. The average molecular weight is 374 g/mol. The van der Waals surface area contributed by atoms with Crippen LogP contribution in [0.3, 0.4) is 0 Å². The van der Waals surface area contributed by atoms with E-state index in [0.29, 0.717) is 11.5 Å². The largest absolute Gasteiger partial charge is 0.467 e. The van der Waals surface area contributed by atoms with E-state index in [1.54, 1.807) is 24.5 Å². The normalized spacial score (nSPS) is 10.7. The fourth-order valence-corrected chi connectivity index (χ4v) is 3.22. The van der Waals surface area contributed by atoms with Crippen molar-refractivity contribution in [3.05, 3.63) is 84.1 Å². The first-order valence-corrected chi connectivity index (χ1v) is 9.03. The van der Waals surface area contributed by atoms with Gasteiger partial charge in [0.15, 0.2) is 0 Å². The van der Waals surface area contributed by atoms with Crippen molar-refractivity contribution < 1.29 is 18.0 Å². The summed E-state index contributed by atoms with van der Waals surface area (Å²) in [5, 5.41) is 0. The van der Waals surface area contributed by atoms with E-state index in [9.17, 15) is 13.6 Å². The van der Waals surface area contributed by atoms with Crippen molar-refractivity contribution in [2.24, 2.45) is 0 Å². The van der Waals surface area contributed by atoms with Crippen molar-refractivity contribution in [2.45, 2.75) is 12.3 Å². The van der Waals surface area contributed by atoms with Crippen molar-refractivity contribution in [3.8, 4) is 0 Å². The summed E-state index contributed by atoms with van der Waals surface area (Å²) in [5.74, 6) is -0.503. The molecule has 3 rings (SSSR count). The number of carbonyl (C=O) groups is 1. The number of aromatic nitrogens is 1. The molecule has 0 saturated carbocycles. The van der Waals surface area contributed by atoms with E-state index in [4.69, 9.17) is 4.42 Å². The van der Waals surface area contributed by atoms with Crippen molar-refractivity contribution in [2.75, 3.05) is 10.7 Å². The minimum atomic E-state index is -0.790. The van der Waals surface area contributed by atoms with Gasteiger partial charge in [-0.05, 0) is 35.9 Å². The van der Waals surface area contributed by atoms with E-state index in [1.165, 1.54) is 29.0 Å². The molecule has 0 aliphatic heterocycles. The second-order valence-electron chi connectivity index (χ2n) is 5.51. The molecule has 2 aromatic heterocycles. The Morgan fingerprint density at radius 2 is 2.08 bits per heavy atom. The van der Waals surface area contributed by atoms with Crippen LogP contribution in [0.2, 0.25) is 0 Å². The van der Waals surface area contributed by atoms with Gasteiger partial charge in [-0.15, -0.1) is 11.8 Å². The number of halogens is 2. The fourth-order valence-electron chi connectivity index (χ4n) is 2.38. The molecule has 134 valence electrons. The summed E-state index contributed by atoms with van der Waals surface area (Å²) in [6.07, 6.45) is 4.90. The summed E-state index contributed by atoms with van der Waals surface area (Å²) >= 11 is 1.40. The van der Waals surface area contributed by atoms with E-state index >= 15 is 0 Å². The number of furan rings is 1. The maximum atomic E-state index is 14.2. The Balaban J connectivity index is 1.72. The lowest BCUT2D eigenvalue weighted by molar-refractivity contribution is -0.116. The van der Waals surface area contributed by atoms with Crippen molar-refractivity contribution in [1.29, 1.82) is 0 Å². The highest BCUT2D eigenvalue weighted by Gasteiger charge is 2.21. The molecule has 1 amide bonds. The molecule has 7 heteroatoms. The highest BCUT2D eigenvalue weighted by molar-refractivity contribution is 7.99.